The quantitative estimate of drug-likeness (QED) is 0.630. The molecule has 70 valence electrons. The van der Waals surface area contributed by atoms with Gasteiger partial charge in [-0.3, -0.25) is 4.79 Å². The summed E-state index contributed by atoms with van der Waals surface area (Å²) >= 11 is 5.33. The van der Waals surface area contributed by atoms with E-state index in [9.17, 15) is 9.90 Å². The van der Waals surface area contributed by atoms with Gasteiger partial charge in [-0.2, -0.15) is 0 Å². The number of halogens is 1. The maximum Gasteiger partial charge on any atom is 0.235 e. The number of carbonyl (C=O) groups excluding carboxylic acids is 1. The fraction of sp³-hybridized carbons (Fsp3) is 0.875. The largest absolute Gasteiger partial charge is 0.391 e. The molecule has 0 spiro atoms. The molecule has 1 fully saturated rings. The molecule has 1 rings (SSSR count). The SMILES string of the molecule is O=C(CCl)N[C@H]1CCCC[C@@H]1O. The van der Waals surface area contributed by atoms with Crippen LogP contribution in [0, 0.1) is 0 Å². The van der Waals surface area contributed by atoms with Gasteiger partial charge in [0.2, 0.25) is 5.91 Å². The lowest BCUT2D eigenvalue weighted by Gasteiger charge is -2.27. The molecule has 0 aromatic heterocycles. The van der Waals surface area contributed by atoms with Crippen molar-refractivity contribution in [1.82, 2.24) is 5.32 Å². The summed E-state index contributed by atoms with van der Waals surface area (Å²) in [5, 5.41) is 12.2. The van der Waals surface area contributed by atoms with Gasteiger partial charge in [0.05, 0.1) is 12.1 Å². The zero-order chi connectivity index (χ0) is 8.97. The fourth-order valence-corrected chi connectivity index (χ4v) is 1.60. The van der Waals surface area contributed by atoms with Crippen molar-refractivity contribution in [1.29, 1.82) is 0 Å². The van der Waals surface area contributed by atoms with Crippen molar-refractivity contribution in [3.05, 3.63) is 0 Å². The van der Waals surface area contributed by atoms with E-state index in [-0.39, 0.29) is 23.9 Å². The molecule has 1 amide bonds. The van der Waals surface area contributed by atoms with Gasteiger partial charge in [-0.25, -0.2) is 0 Å². The highest BCUT2D eigenvalue weighted by molar-refractivity contribution is 6.27. The van der Waals surface area contributed by atoms with Crippen molar-refractivity contribution >= 4 is 17.5 Å². The lowest BCUT2D eigenvalue weighted by molar-refractivity contribution is -0.120. The first-order valence-electron chi connectivity index (χ1n) is 4.27. The molecule has 1 aliphatic carbocycles. The standard InChI is InChI=1S/C8H14ClNO2/c9-5-8(12)10-6-3-1-2-4-7(6)11/h6-7,11H,1-5H2,(H,10,12)/t6-,7-/m0/s1. The number of aliphatic hydroxyl groups excluding tert-OH is 1. The molecule has 0 heterocycles. The van der Waals surface area contributed by atoms with Crippen LogP contribution < -0.4 is 5.32 Å². The second-order valence-electron chi connectivity index (χ2n) is 3.16. The van der Waals surface area contributed by atoms with Gasteiger partial charge < -0.3 is 10.4 Å². The zero-order valence-electron chi connectivity index (χ0n) is 6.92. The zero-order valence-corrected chi connectivity index (χ0v) is 7.68. The third kappa shape index (κ3) is 2.64. The van der Waals surface area contributed by atoms with Crippen LogP contribution >= 0.6 is 11.6 Å². The molecule has 1 aliphatic rings. The van der Waals surface area contributed by atoms with Crippen molar-refractivity contribution in [3.63, 3.8) is 0 Å². The summed E-state index contributed by atoms with van der Waals surface area (Å²) in [5.41, 5.74) is 0. The van der Waals surface area contributed by atoms with E-state index in [2.05, 4.69) is 5.32 Å². The van der Waals surface area contributed by atoms with Gasteiger partial charge >= 0.3 is 0 Å². The maximum atomic E-state index is 10.9. The number of nitrogens with one attached hydrogen (secondary N) is 1. The lowest BCUT2D eigenvalue weighted by Crippen LogP contribution is -2.45. The van der Waals surface area contributed by atoms with Crippen molar-refractivity contribution in [3.8, 4) is 0 Å². The van der Waals surface area contributed by atoms with Crippen LogP contribution in [0.25, 0.3) is 0 Å². The molecule has 4 heteroatoms. The number of carbonyl (C=O) groups is 1. The van der Waals surface area contributed by atoms with E-state index in [0.29, 0.717) is 0 Å². The van der Waals surface area contributed by atoms with E-state index in [1.165, 1.54) is 0 Å². The molecule has 0 radical (unpaired) electrons. The van der Waals surface area contributed by atoms with E-state index in [0.717, 1.165) is 25.7 Å². The van der Waals surface area contributed by atoms with Gasteiger partial charge in [0.1, 0.15) is 5.88 Å². The molecule has 0 aliphatic heterocycles. The summed E-state index contributed by atoms with van der Waals surface area (Å²) in [4.78, 5) is 10.9. The minimum Gasteiger partial charge on any atom is -0.391 e. The predicted molar refractivity (Wildman–Crippen MR) is 47.1 cm³/mol. The number of amides is 1. The van der Waals surface area contributed by atoms with Crippen LogP contribution in [0.3, 0.4) is 0 Å². The Balaban J connectivity index is 2.33. The fourth-order valence-electron chi connectivity index (χ4n) is 1.53. The van der Waals surface area contributed by atoms with Crippen molar-refractivity contribution in [2.75, 3.05) is 5.88 Å². The van der Waals surface area contributed by atoms with Crippen LogP contribution in [0.4, 0.5) is 0 Å². The summed E-state index contributed by atoms with van der Waals surface area (Å²) < 4.78 is 0. The molecule has 0 aromatic rings. The van der Waals surface area contributed by atoms with E-state index < -0.39 is 0 Å². The monoisotopic (exact) mass is 191 g/mol. The summed E-state index contributed by atoms with van der Waals surface area (Å²) in [7, 11) is 0. The van der Waals surface area contributed by atoms with E-state index >= 15 is 0 Å². The highest BCUT2D eigenvalue weighted by atomic mass is 35.5. The highest BCUT2D eigenvalue weighted by Crippen LogP contribution is 2.18. The van der Waals surface area contributed by atoms with Crippen LogP contribution in [0.15, 0.2) is 0 Å². The Hall–Kier alpha value is -0.280. The Bertz CT molecular complexity index is 163. The second-order valence-corrected chi connectivity index (χ2v) is 3.43. The van der Waals surface area contributed by atoms with E-state index in [1.807, 2.05) is 0 Å². The van der Waals surface area contributed by atoms with E-state index in [1.54, 1.807) is 0 Å². The molecule has 3 nitrogen and oxygen atoms in total. The van der Waals surface area contributed by atoms with Crippen LogP contribution in [-0.4, -0.2) is 29.0 Å². The lowest BCUT2D eigenvalue weighted by atomic mass is 9.93. The molecular formula is C8H14ClNO2. The number of hydrogen-bond donors (Lipinski definition) is 2. The molecule has 2 atom stereocenters. The summed E-state index contributed by atoms with van der Waals surface area (Å²) in [6.07, 6.45) is 3.39. The summed E-state index contributed by atoms with van der Waals surface area (Å²) in [5.74, 6) is -0.217. The Morgan fingerprint density at radius 1 is 1.50 bits per heavy atom. The van der Waals surface area contributed by atoms with E-state index in [4.69, 9.17) is 11.6 Å². The second kappa shape index (κ2) is 4.67. The Morgan fingerprint density at radius 3 is 2.75 bits per heavy atom. The number of hydrogen-bond acceptors (Lipinski definition) is 2. The molecule has 1 saturated carbocycles. The molecule has 12 heavy (non-hydrogen) atoms. The molecule has 0 aromatic carbocycles. The summed E-state index contributed by atoms with van der Waals surface area (Å²) in [6, 6.07) is -0.0787. The minimum absolute atomic E-state index is 0.0246. The smallest absolute Gasteiger partial charge is 0.235 e. The Labute approximate surface area is 77.1 Å². The van der Waals surface area contributed by atoms with Crippen LogP contribution in [-0.2, 0) is 4.79 Å². The average molecular weight is 192 g/mol. The van der Waals surface area contributed by atoms with Gasteiger partial charge in [0, 0.05) is 0 Å². The van der Waals surface area contributed by atoms with Crippen LogP contribution in [0.2, 0.25) is 0 Å². The van der Waals surface area contributed by atoms with Gasteiger partial charge in [0.15, 0.2) is 0 Å². The maximum absolute atomic E-state index is 10.9. The van der Waals surface area contributed by atoms with Gasteiger partial charge in [0.25, 0.3) is 0 Å². The number of rotatable bonds is 2. The minimum atomic E-state index is -0.383. The number of alkyl halides is 1. The first-order valence-corrected chi connectivity index (χ1v) is 4.81. The average Bonchev–Trinajstić information content (AvgIpc) is 2.09. The van der Waals surface area contributed by atoms with Crippen molar-refractivity contribution in [2.24, 2.45) is 0 Å². The topological polar surface area (TPSA) is 49.3 Å². The Morgan fingerprint density at radius 2 is 2.17 bits per heavy atom. The first kappa shape index (κ1) is 9.81. The molecular weight excluding hydrogens is 178 g/mol. The van der Waals surface area contributed by atoms with Gasteiger partial charge in [-0.05, 0) is 12.8 Å². The van der Waals surface area contributed by atoms with Crippen molar-refractivity contribution < 1.29 is 9.90 Å². The van der Waals surface area contributed by atoms with Crippen LogP contribution in [0.1, 0.15) is 25.7 Å². The molecule has 2 N–H and O–H groups in total. The van der Waals surface area contributed by atoms with Crippen molar-refractivity contribution in [2.45, 2.75) is 37.8 Å². The van der Waals surface area contributed by atoms with Gasteiger partial charge in [-0.1, -0.05) is 12.8 Å². The Kier molecular flexibility index (Phi) is 3.82. The molecule has 0 bridgehead atoms. The molecule has 0 saturated heterocycles. The third-order valence-corrected chi connectivity index (χ3v) is 2.44. The number of aliphatic hydroxyl groups is 1. The highest BCUT2D eigenvalue weighted by Gasteiger charge is 2.23. The normalized spacial score (nSPS) is 29.8. The summed E-state index contributed by atoms with van der Waals surface area (Å²) in [6.45, 7) is 0. The van der Waals surface area contributed by atoms with Crippen LogP contribution in [0.5, 0.6) is 0 Å². The van der Waals surface area contributed by atoms with Gasteiger partial charge in [-0.15, -0.1) is 11.6 Å². The third-order valence-electron chi connectivity index (χ3n) is 2.20. The first-order chi connectivity index (χ1) is 5.74. The predicted octanol–water partition coefficient (Wildman–Crippen LogP) is 0.645. The molecule has 0 unspecified atom stereocenters.